The first-order valence-electron chi connectivity index (χ1n) is 9.59. The van der Waals surface area contributed by atoms with Gasteiger partial charge in [-0.2, -0.15) is 18.4 Å². The third-order valence-corrected chi connectivity index (χ3v) is 5.47. The van der Waals surface area contributed by atoms with Crippen LogP contribution >= 0.6 is 0 Å². The largest absolute Gasteiger partial charge is 0.508 e. The standard InChI is InChI=1S/C22H18F3N3O5/c1-21(14-4-7-16(29)8-5-14)19(31)28(20(32)27(21)10-9-18(30)33-2)15-6-3-13(12-26)17(11-15)22(23,24)25/h3-8,11,29H,9-10H2,1-2H3. The Bertz CT molecular complexity index is 1160. The van der Waals surface area contributed by atoms with Gasteiger partial charge in [-0.15, -0.1) is 0 Å². The number of aromatic hydroxyl groups is 1. The fraction of sp³-hybridized carbons (Fsp3) is 0.273. The lowest BCUT2D eigenvalue weighted by atomic mass is 9.90. The van der Waals surface area contributed by atoms with Crippen LogP contribution in [0.25, 0.3) is 0 Å². The van der Waals surface area contributed by atoms with E-state index in [1.807, 2.05) is 0 Å². The van der Waals surface area contributed by atoms with Crippen LogP contribution in [0.15, 0.2) is 42.5 Å². The lowest BCUT2D eigenvalue weighted by Crippen LogP contribution is -2.45. The molecule has 3 rings (SSSR count). The summed E-state index contributed by atoms with van der Waals surface area (Å²) in [6.07, 6.45) is -5.16. The number of hydrogen-bond donors (Lipinski definition) is 1. The molecule has 0 aromatic heterocycles. The smallest absolute Gasteiger partial charge is 0.417 e. The van der Waals surface area contributed by atoms with E-state index in [9.17, 15) is 32.7 Å². The molecule has 1 unspecified atom stereocenters. The number of carbonyl (C=O) groups excluding carboxylic acids is 3. The van der Waals surface area contributed by atoms with E-state index in [0.717, 1.165) is 24.1 Å². The van der Waals surface area contributed by atoms with Gasteiger partial charge in [0.15, 0.2) is 0 Å². The van der Waals surface area contributed by atoms with Crippen molar-refractivity contribution in [2.24, 2.45) is 0 Å². The van der Waals surface area contributed by atoms with Gasteiger partial charge in [-0.1, -0.05) is 12.1 Å². The Morgan fingerprint density at radius 3 is 2.36 bits per heavy atom. The minimum atomic E-state index is -4.89. The second-order valence-electron chi connectivity index (χ2n) is 7.36. The number of carbonyl (C=O) groups is 3. The highest BCUT2D eigenvalue weighted by molar-refractivity contribution is 6.23. The summed E-state index contributed by atoms with van der Waals surface area (Å²) in [5.41, 5.74) is -3.74. The Kier molecular flexibility index (Phi) is 6.05. The summed E-state index contributed by atoms with van der Waals surface area (Å²) in [6, 6.07) is 8.40. The number of urea groups is 1. The molecule has 1 fully saturated rings. The Morgan fingerprint density at radius 1 is 1.18 bits per heavy atom. The highest BCUT2D eigenvalue weighted by Gasteiger charge is 2.56. The molecular formula is C22H18F3N3O5. The zero-order valence-electron chi connectivity index (χ0n) is 17.5. The third kappa shape index (κ3) is 4.07. The van der Waals surface area contributed by atoms with Gasteiger partial charge in [0, 0.05) is 6.54 Å². The number of phenols is 1. The number of nitriles is 1. The minimum Gasteiger partial charge on any atom is -0.508 e. The number of amides is 3. The lowest BCUT2D eigenvalue weighted by molar-refractivity contribution is -0.141. The fourth-order valence-corrected chi connectivity index (χ4v) is 3.65. The molecule has 1 heterocycles. The molecule has 1 saturated heterocycles. The summed E-state index contributed by atoms with van der Waals surface area (Å²) in [5, 5.41) is 18.6. The number of rotatable bonds is 5. The van der Waals surface area contributed by atoms with Crippen molar-refractivity contribution in [2.45, 2.75) is 25.1 Å². The zero-order valence-corrected chi connectivity index (χ0v) is 17.5. The zero-order chi connectivity index (χ0) is 24.6. The Labute approximate surface area is 186 Å². The number of benzene rings is 2. The molecule has 11 heteroatoms. The van der Waals surface area contributed by atoms with Crippen molar-refractivity contribution in [3.8, 4) is 11.8 Å². The summed E-state index contributed by atoms with van der Waals surface area (Å²) in [4.78, 5) is 40.1. The van der Waals surface area contributed by atoms with Gasteiger partial charge >= 0.3 is 18.2 Å². The van der Waals surface area contributed by atoms with Crippen LogP contribution in [-0.2, 0) is 26.0 Å². The van der Waals surface area contributed by atoms with Crippen LogP contribution in [0.3, 0.4) is 0 Å². The van der Waals surface area contributed by atoms with Crippen molar-refractivity contribution in [1.82, 2.24) is 4.90 Å². The molecule has 1 aliphatic rings. The Morgan fingerprint density at radius 2 is 1.82 bits per heavy atom. The van der Waals surface area contributed by atoms with Crippen LogP contribution in [0.4, 0.5) is 23.7 Å². The number of anilines is 1. The molecular weight excluding hydrogens is 443 g/mol. The molecule has 33 heavy (non-hydrogen) atoms. The van der Waals surface area contributed by atoms with Crippen LogP contribution in [-0.4, -0.2) is 41.6 Å². The molecule has 0 bridgehead atoms. The molecule has 1 aliphatic heterocycles. The van der Waals surface area contributed by atoms with Gasteiger partial charge < -0.3 is 14.7 Å². The highest BCUT2D eigenvalue weighted by atomic mass is 19.4. The third-order valence-electron chi connectivity index (χ3n) is 5.47. The lowest BCUT2D eigenvalue weighted by Gasteiger charge is -2.31. The predicted molar refractivity (Wildman–Crippen MR) is 108 cm³/mol. The predicted octanol–water partition coefficient (Wildman–Crippen LogP) is 3.53. The first-order valence-corrected chi connectivity index (χ1v) is 9.59. The first kappa shape index (κ1) is 23.6. The maximum atomic E-state index is 13.5. The molecule has 2 aromatic rings. The van der Waals surface area contributed by atoms with Crippen LogP contribution in [0.5, 0.6) is 5.75 Å². The molecule has 8 nitrogen and oxygen atoms in total. The number of phenolic OH excluding ortho intramolecular Hbond substituents is 1. The monoisotopic (exact) mass is 461 g/mol. The van der Waals surface area contributed by atoms with Crippen LogP contribution in [0, 0.1) is 11.3 Å². The molecule has 0 saturated carbocycles. The number of halogens is 3. The highest BCUT2D eigenvalue weighted by Crippen LogP contribution is 2.42. The van der Waals surface area contributed by atoms with Gasteiger partial charge in [-0.3, -0.25) is 9.59 Å². The maximum absolute atomic E-state index is 13.5. The molecule has 2 aromatic carbocycles. The van der Waals surface area contributed by atoms with Gasteiger partial charge in [0.2, 0.25) is 0 Å². The van der Waals surface area contributed by atoms with Gasteiger partial charge in [0.25, 0.3) is 5.91 Å². The molecule has 0 radical (unpaired) electrons. The molecule has 1 N–H and O–H groups in total. The van der Waals surface area contributed by atoms with E-state index in [0.29, 0.717) is 11.0 Å². The second-order valence-corrected chi connectivity index (χ2v) is 7.36. The average Bonchev–Trinajstić information content (AvgIpc) is 2.97. The van der Waals surface area contributed by atoms with Crippen molar-refractivity contribution in [2.75, 3.05) is 18.6 Å². The van der Waals surface area contributed by atoms with Gasteiger partial charge in [-0.05, 0) is 42.8 Å². The van der Waals surface area contributed by atoms with Crippen molar-refractivity contribution >= 4 is 23.6 Å². The number of alkyl halides is 3. The Balaban J connectivity index is 2.14. The van der Waals surface area contributed by atoms with Crippen molar-refractivity contribution in [3.05, 3.63) is 59.2 Å². The SMILES string of the molecule is COC(=O)CCN1C(=O)N(c2ccc(C#N)c(C(F)(F)F)c2)C(=O)C1(C)c1ccc(O)cc1. The van der Waals surface area contributed by atoms with Crippen LogP contribution in [0.1, 0.15) is 30.0 Å². The van der Waals surface area contributed by atoms with Crippen molar-refractivity contribution in [3.63, 3.8) is 0 Å². The molecule has 0 aliphatic carbocycles. The number of esters is 1. The quantitative estimate of drug-likeness (QED) is 0.539. The van der Waals surface area contributed by atoms with Crippen molar-refractivity contribution in [1.29, 1.82) is 5.26 Å². The van der Waals surface area contributed by atoms with Crippen LogP contribution < -0.4 is 4.90 Å². The summed E-state index contributed by atoms with van der Waals surface area (Å²) in [7, 11) is 1.15. The van der Waals surface area contributed by atoms with E-state index in [4.69, 9.17) is 5.26 Å². The number of hydrogen-bond acceptors (Lipinski definition) is 6. The van der Waals surface area contributed by atoms with E-state index in [-0.39, 0.29) is 30.0 Å². The van der Waals surface area contributed by atoms with Crippen molar-refractivity contribution < 1.29 is 37.4 Å². The average molecular weight is 461 g/mol. The molecule has 172 valence electrons. The van der Waals surface area contributed by atoms with E-state index < -0.39 is 40.7 Å². The number of nitrogens with zero attached hydrogens (tertiary/aromatic N) is 3. The summed E-state index contributed by atoms with van der Waals surface area (Å²) < 4.78 is 44.9. The van der Waals surface area contributed by atoms with Gasteiger partial charge in [0.1, 0.15) is 11.3 Å². The second kappa shape index (κ2) is 8.46. The number of imide groups is 1. The number of methoxy groups -OCH3 is 1. The maximum Gasteiger partial charge on any atom is 0.417 e. The van der Waals surface area contributed by atoms with Gasteiger partial charge in [0.05, 0.1) is 36.4 Å². The molecule has 0 spiro atoms. The minimum absolute atomic E-state index is 0.0981. The normalized spacial score (nSPS) is 18.4. The molecule has 1 atom stereocenters. The van der Waals surface area contributed by atoms with Crippen LogP contribution in [0.2, 0.25) is 0 Å². The van der Waals surface area contributed by atoms with E-state index in [2.05, 4.69) is 4.74 Å². The summed E-state index contributed by atoms with van der Waals surface area (Å²) in [6.45, 7) is 1.14. The fourth-order valence-electron chi connectivity index (χ4n) is 3.65. The van der Waals surface area contributed by atoms with Gasteiger partial charge in [-0.25, -0.2) is 9.69 Å². The summed E-state index contributed by atoms with van der Waals surface area (Å²) in [5.74, 6) is -1.61. The van der Waals surface area contributed by atoms with E-state index in [1.165, 1.54) is 37.3 Å². The number of ether oxygens (including phenoxy) is 1. The van der Waals surface area contributed by atoms with E-state index >= 15 is 0 Å². The molecule has 3 amide bonds. The van der Waals surface area contributed by atoms with E-state index in [1.54, 1.807) is 0 Å². The Hall–Kier alpha value is -4.07. The summed E-state index contributed by atoms with van der Waals surface area (Å²) >= 11 is 0. The topological polar surface area (TPSA) is 111 Å². The first-order chi connectivity index (χ1) is 15.4.